The van der Waals surface area contributed by atoms with Crippen molar-refractivity contribution in [3.05, 3.63) is 112 Å². The number of H-pyrrole nitrogens is 1. The summed E-state index contributed by atoms with van der Waals surface area (Å²) in [5.74, 6) is 0.236. The molecule has 362 valence electrons. The van der Waals surface area contributed by atoms with E-state index < -0.39 is 37.0 Å². The van der Waals surface area contributed by atoms with E-state index in [9.17, 15) is 28.4 Å². The number of benzene rings is 3. The van der Waals surface area contributed by atoms with Crippen LogP contribution < -0.4 is 19.7 Å². The highest BCUT2D eigenvalue weighted by molar-refractivity contribution is 7.90. The summed E-state index contributed by atoms with van der Waals surface area (Å²) in [6.45, 7) is 16.3. The molecule has 4 N–H and O–H groups in total. The standard InChI is InChI=1S/C52H66N8O7S/c1-34(2)42-8-6-7-9-43(42)47-33-58(35(3)4)24-25-59(47)39-29-52(30-39)19-22-57(23-20-52)38-10-12-44(48(27-38)67-40-26-37-16-21-53-49(37)55-32-40)50(61)56-68(65,66)41-11-13-45(46(28-41)60(63)64)54-31-36-14-17-51(5,62)18-15-36/h6-13,16,21,26-28,32,34-36,39,47,54,62H,14-15,17-20,22-25,29-31,33H2,1-5H3,(H,53,55)(H,56,61)/t36?,47-,51?/m1/s1. The Balaban J connectivity index is 0.900. The van der Waals surface area contributed by atoms with Crippen LogP contribution >= 0.6 is 0 Å². The first-order chi connectivity index (χ1) is 32.5. The number of carbonyl (C=O) groups is 1. The molecule has 1 amide bonds. The zero-order chi connectivity index (χ0) is 48.0. The molecule has 15 nitrogen and oxygen atoms in total. The van der Waals surface area contributed by atoms with Crippen molar-refractivity contribution < 1.29 is 28.0 Å². The Bertz CT molecular complexity index is 2750. The van der Waals surface area contributed by atoms with Crippen molar-refractivity contribution in [1.29, 1.82) is 0 Å². The van der Waals surface area contributed by atoms with Gasteiger partial charge < -0.3 is 25.0 Å². The minimum absolute atomic E-state index is 0.0211. The van der Waals surface area contributed by atoms with Crippen LogP contribution in [0.4, 0.5) is 17.1 Å². The van der Waals surface area contributed by atoms with Gasteiger partial charge in [-0.05, 0) is 137 Å². The SMILES string of the molecule is CC(C)c1ccccc1[C@H]1CN(C(C)C)CCN1C1CC2(CCN(c3ccc(C(=O)NS(=O)(=O)c4ccc(NCC5CCC(C)(O)CC5)c([N+](=O)[O-])c4)c(Oc4cnc5[nH]ccc5c4)c3)CC2)C1. The van der Waals surface area contributed by atoms with E-state index in [2.05, 4.69) is 86.7 Å². The van der Waals surface area contributed by atoms with Gasteiger partial charge in [0.15, 0.2) is 0 Å². The number of ether oxygens (including phenoxy) is 1. The average molecular weight is 947 g/mol. The molecular weight excluding hydrogens is 881 g/mol. The number of rotatable bonds is 14. The summed E-state index contributed by atoms with van der Waals surface area (Å²) in [7, 11) is -4.57. The van der Waals surface area contributed by atoms with Gasteiger partial charge in [-0.15, -0.1) is 0 Å². The van der Waals surface area contributed by atoms with Crippen molar-refractivity contribution in [3.8, 4) is 11.5 Å². The smallest absolute Gasteiger partial charge is 0.293 e. The number of carbonyl (C=O) groups excluding carboxylic acids is 1. The fraction of sp³-hybridized carbons (Fsp3) is 0.500. The number of piperidine rings is 1. The Morgan fingerprint density at radius 3 is 2.44 bits per heavy atom. The molecule has 4 fully saturated rings. The van der Waals surface area contributed by atoms with Gasteiger partial charge in [0.25, 0.3) is 21.6 Å². The highest BCUT2D eigenvalue weighted by Crippen LogP contribution is 2.53. The number of nitrogens with zero attached hydrogens (tertiary/aromatic N) is 5. The van der Waals surface area contributed by atoms with E-state index in [1.54, 1.807) is 30.6 Å². The van der Waals surface area contributed by atoms with Gasteiger partial charge in [-0.25, -0.2) is 18.1 Å². The van der Waals surface area contributed by atoms with Crippen molar-refractivity contribution >= 4 is 44.0 Å². The molecular formula is C52H66N8O7S. The number of amides is 1. The lowest BCUT2D eigenvalue weighted by molar-refractivity contribution is -0.384. The van der Waals surface area contributed by atoms with Crippen molar-refractivity contribution in [2.75, 3.05) is 49.5 Å². The largest absolute Gasteiger partial charge is 0.455 e. The van der Waals surface area contributed by atoms with Crippen LogP contribution in [0.5, 0.6) is 11.5 Å². The molecule has 5 aromatic rings. The lowest BCUT2D eigenvalue weighted by Crippen LogP contribution is -2.60. The van der Waals surface area contributed by atoms with Crippen LogP contribution in [-0.4, -0.2) is 101 Å². The second-order valence-electron chi connectivity index (χ2n) is 20.7. The number of anilines is 2. The van der Waals surface area contributed by atoms with Gasteiger partial charge in [0.2, 0.25) is 0 Å². The predicted octanol–water partition coefficient (Wildman–Crippen LogP) is 9.37. The fourth-order valence-electron chi connectivity index (χ4n) is 11.2. The van der Waals surface area contributed by atoms with Crippen molar-refractivity contribution in [2.24, 2.45) is 11.3 Å². The van der Waals surface area contributed by atoms with Gasteiger partial charge in [0.1, 0.15) is 22.8 Å². The van der Waals surface area contributed by atoms with E-state index >= 15 is 0 Å². The molecule has 68 heavy (non-hydrogen) atoms. The Morgan fingerprint density at radius 2 is 1.72 bits per heavy atom. The average Bonchev–Trinajstić information content (AvgIpc) is 3.78. The van der Waals surface area contributed by atoms with Gasteiger partial charge in [0, 0.05) is 86.8 Å². The van der Waals surface area contributed by atoms with Crippen LogP contribution in [0, 0.1) is 21.4 Å². The summed E-state index contributed by atoms with van der Waals surface area (Å²) >= 11 is 0. The summed E-state index contributed by atoms with van der Waals surface area (Å²) in [6.07, 6.45) is 10.5. The monoisotopic (exact) mass is 946 g/mol. The van der Waals surface area contributed by atoms with Crippen LogP contribution in [0.2, 0.25) is 0 Å². The second kappa shape index (κ2) is 19.1. The number of sulfonamides is 1. The van der Waals surface area contributed by atoms with Gasteiger partial charge >= 0.3 is 0 Å². The third kappa shape index (κ3) is 10.1. The number of nitro groups is 1. The number of nitrogens with one attached hydrogen (secondary N) is 3. The molecule has 1 spiro atoms. The second-order valence-corrected chi connectivity index (χ2v) is 22.4. The number of aromatic amines is 1. The molecule has 2 aliphatic heterocycles. The number of piperazine rings is 1. The number of aliphatic hydroxyl groups is 1. The lowest BCUT2D eigenvalue weighted by atomic mass is 9.59. The van der Waals surface area contributed by atoms with E-state index in [0.29, 0.717) is 54.8 Å². The van der Waals surface area contributed by atoms with E-state index in [1.165, 1.54) is 36.1 Å². The minimum atomic E-state index is -4.57. The van der Waals surface area contributed by atoms with Crippen LogP contribution in [-0.2, 0) is 10.0 Å². The van der Waals surface area contributed by atoms with Gasteiger partial charge in [-0.2, -0.15) is 0 Å². The maximum absolute atomic E-state index is 14.0. The molecule has 0 radical (unpaired) electrons. The highest BCUT2D eigenvalue weighted by Gasteiger charge is 2.50. The highest BCUT2D eigenvalue weighted by atomic mass is 32.2. The van der Waals surface area contributed by atoms with Crippen molar-refractivity contribution in [3.63, 3.8) is 0 Å². The van der Waals surface area contributed by atoms with Crippen molar-refractivity contribution in [2.45, 2.75) is 121 Å². The third-order valence-corrected chi connectivity index (χ3v) is 16.8. The summed E-state index contributed by atoms with van der Waals surface area (Å²) < 4.78 is 36.1. The first-order valence-electron chi connectivity index (χ1n) is 24.4. The summed E-state index contributed by atoms with van der Waals surface area (Å²) in [5.41, 5.74) is 3.72. The molecule has 1 atom stereocenters. The molecule has 0 unspecified atom stereocenters. The quantitative estimate of drug-likeness (QED) is 0.0612. The number of fused-ring (bicyclic) bond motifs is 1. The zero-order valence-corrected chi connectivity index (χ0v) is 40.7. The molecule has 3 aromatic carbocycles. The molecule has 2 aliphatic carbocycles. The van der Waals surface area contributed by atoms with Gasteiger partial charge in [-0.1, -0.05) is 38.1 Å². The molecule has 4 aliphatic rings. The maximum Gasteiger partial charge on any atom is 0.293 e. The number of hydrogen-bond acceptors (Lipinski definition) is 12. The number of hydrogen-bond donors (Lipinski definition) is 4. The molecule has 2 saturated heterocycles. The fourth-order valence-corrected chi connectivity index (χ4v) is 12.2. The Labute approximate surface area is 399 Å². The molecule has 4 heterocycles. The van der Waals surface area contributed by atoms with Crippen LogP contribution in [0.1, 0.15) is 119 Å². The maximum atomic E-state index is 14.0. The molecule has 9 rings (SSSR count). The van der Waals surface area contributed by atoms with Crippen LogP contribution in [0.3, 0.4) is 0 Å². The number of pyridine rings is 1. The summed E-state index contributed by atoms with van der Waals surface area (Å²) in [4.78, 5) is 40.5. The van der Waals surface area contributed by atoms with E-state index in [0.717, 1.165) is 75.5 Å². The molecule has 2 aromatic heterocycles. The van der Waals surface area contributed by atoms with Gasteiger partial charge in [0.05, 0.1) is 27.2 Å². The third-order valence-electron chi connectivity index (χ3n) is 15.4. The molecule has 16 heteroatoms. The Kier molecular flexibility index (Phi) is 13.3. The first-order valence-corrected chi connectivity index (χ1v) is 25.9. The summed E-state index contributed by atoms with van der Waals surface area (Å²) in [6, 6.07) is 22.8. The first kappa shape index (κ1) is 47.5. The molecule has 0 bridgehead atoms. The lowest BCUT2D eigenvalue weighted by Gasteiger charge is -2.58. The molecule has 2 saturated carbocycles. The van der Waals surface area contributed by atoms with E-state index in [4.69, 9.17) is 4.74 Å². The zero-order valence-electron chi connectivity index (χ0n) is 39.9. The van der Waals surface area contributed by atoms with Crippen LogP contribution in [0.25, 0.3) is 11.0 Å². The minimum Gasteiger partial charge on any atom is -0.455 e. The van der Waals surface area contributed by atoms with Gasteiger partial charge in [-0.3, -0.25) is 24.7 Å². The Morgan fingerprint density at radius 1 is 0.971 bits per heavy atom. The van der Waals surface area contributed by atoms with Crippen molar-refractivity contribution in [1.82, 2.24) is 24.5 Å². The normalized spacial score (nSPS) is 22.7. The Hall–Kier alpha value is -5.55. The number of aromatic nitrogens is 2. The van der Waals surface area contributed by atoms with Crippen LogP contribution in [0.15, 0.2) is 90.1 Å². The summed E-state index contributed by atoms with van der Waals surface area (Å²) in [5, 5.41) is 26.4. The topological polar surface area (TPSA) is 186 Å². The number of nitro benzene ring substituents is 1. The predicted molar refractivity (Wildman–Crippen MR) is 265 cm³/mol. The van der Waals surface area contributed by atoms with E-state index in [1.807, 2.05) is 19.1 Å². The van der Waals surface area contributed by atoms with E-state index in [-0.39, 0.29) is 28.3 Å².